The number of ether oxygens (including phenoxy) is 1. The highest BCUT2D eigenvalue weighted by Crippen LogP contribution is 2.38. The van der Waals surface area contributed by atoms with Gasteiger partial charge in [0.1, 0.15) is 17.3 Å². The van der Waals surface area contributed by atoms with Crippen molar-refractivity contribution in [1.29, 1.82) is 0 Å². The van der Waals surface area contributed by atoms with Crippen LogP contribution in [0.1, 0.15) is 51.4 Å². The lowest BCUT2D eigenvalue weighted by Gasteiger charge is -2.34. The molecule has 1 atom stereocenters. The fourth-order valence-corrected chi connectivity index (χ4v) is 4.79. The first-order chi connectivity index (χ1) is 17.6. The quantitative estimate of drug-likeness (QED) is 0.397. The molecule has 0 saturated carbocycles. The number of anilines is 1. The first kappa shape index (κ1) is 26.7. The Morgan fingerprint density at radius 2 is 1.95 bits per heavy atom. The van der Waals surface area contributed by atoms with E-state index in [4.69, 9.17) is 15.6 Å². The van der Waals surface area contributed by atoms with Gasteiger partial charge in [-0.05, 0) is 49.4 Å². The Morgan fingerprint density at radius 3 is 2.59 bits per heavy atom. The van der Waals surface area contributed by atoms with Crippen molar-refractivity contribution < 1.29 is 13.9 Å². The van der Waals surface area contributed by atoms with Gasteiger partial charge in [-0.15, -0.1) is 0 Å². The van der Waals surface area contributed by atoms with E-state index < -0.39 is 11.8 Å². The molecule has 0 fully saturated rings. The summed E-state index contributed by atoms with van der Waals surface area (Å²) in [6.45, 7) is 15.2. The number of nitrogens with zero attached hydrogens (tertiary/aromatic N) is 3. The van der Waals surface area contributed by atoms with Gasteiger partial charge in [0.2, 0.25) is 0 Å². The van der Waals surface area contributed by atoms with Crippen molar-refractivity contribution >= 4 is 11.7 Å². The lowest BCUT2D eigenvalue weighted by Crippen LogP contribution is -2.40. The number of urea groups is 1. The Morgan fingerprint density at radius 1 is 1.19 bits per heavy atom. The number of hydrogen-bond donors (Lipinski definition) is 2. The summed E-state index contributed by atoms with van der Waals surface area (Å²) >= 11 is 0. The van der Waals surface area contributed by atoms with Gasteiger partial charge in [-0.1, -0.05) is 45.9 Å². The number of aromatic nitrogens is 2. The zero-order chi connectivity index (χ0) is 26.9. The van der Waals surface area contributed by atoms with Crippen LogP contribution in [-0.4, -0.2) is 39.9 Å². The van der Waals surface area contributed by atoms with Crippen LogP contribution in [0.2, 0.25) is 0 Å². The van der Waals surface area contributed by atoms with Gasteiger partial charge in [-0.3, -0.25) is 4.90 Å². The van der Waals surface area contributed by atoms with Crippen LogP contribution in [0, 0.1) is 24.6 Å². The summed E-state index contributed by atoms with van der Waals surface area (Å²) in [6, 6.07) is 10.4. The van der Waals surface area contributed by atoms with E-state index in [2.05, 4.69) is 44.8 Å². The Hall–Kier alpha value is -3.39. The maximum Gasteiger partial charge on any atom is 0.316 e. The summed E-state index contributed by atoms with van der Waals surface area (Å²) in [5, 5.41) is 7.43. The SMILES string of the molecule is Cc1cccc(OCC(C)C)c1-n1nc2c(c1-c1ccc(NC(N)=O)c(F)c1)CN(C(C)C(C)C)CC2. The summed E-state index contributed by atoms with van der Waals surface area (Å²) in [7, 11) is 0. The summed E-state index contributed by atoms with van der Waals surface area (Å²) in [4.78, 5) is 13.8. The van der Waals surface area contributed by atoms with E-state index in [1.54, 1.807) is 12.1 Å². The van der Waals surface area contributed by atoms with Crippen molar-refractivity contribution in [1.82, 2.24) is 14.7 Å². The second-order valence-electron chi connectivity index (χ2n) is 10.7. The molecule has 4 rings (SSSR count). The van der Waals surface area contributed by atoms with E-state index in [1.807, 2.05) is 29.8 Å². The van der Waals surface area contributed by atoms with Crippen molar-refractivity contribution in [3.8, 4) is 22.7 Å². The van der Waals surface area contributed by atoms with E-state index in [0.29, 0.717) is 30.0 Å². The molecular formula is C29H38FN5O2. The van der Waals surface area contributed by atoms with Crippen molar-refractivity contribution in [2.75, 3.05) is 18.5 Å². The molecule has 0 radical (unpaired) electrons. The average Bonchev–Trinajstić information content (AvgIpc) is 3.21. The number of carbonyl (C=O) groups excluding carboxylic acids is 1. The summed E-state index contributed by atoms with van der Waals surface area (Å²) in [5.41, 5.74) is 10.8. The second kappa shape index (κ2) is 10.9. The number of nitrogens with one attached hydrogen (secondary N) is 1. The first-order valence-corrected chi connectivity index (χ1v) is 13.0. The van der Waals surface area contributed by atoms with Crippen LogP contribution >= 0.6 is 0 Å². The highest BCUT2D eigenvalue weighted by Gasteiger charge is 2.30. The van der Waals surface area contributed by atoms with Gasteiger partial charge >= 0.3 is 6.03 Å². The standard InChI is InChI=1S/C29H38FN5O2/c1-17(2)16-37-26-9-7-8-19(5)27(26)35-28(21-10-11-25(23(30)14-21)32-29(31)36)22-15-34(20(6)18(3)4)13-12-24(22)33-35/h7-11,14,17-18,20H,12-13,15-16H2,1-6H3,(H3,31,32,36). The third-order valence-electron chi connectivity index (χ3n) is 7.09. The number of hydrogen-bond acceptors (Lipinski definition) is 4. The van der Waals surface area contributed by atoms with Crippen LogP contribution in [0.3, 0.4) is 0 Å². The number of rotatable bonds is 8. The van der Waals surface area contributed by atoms with Crippen LogP contribution in [0.4, 0.5) is 14.9 Å². The number of halogens is 1. The zero-order valence-electron chi connectivity index (χ0n) is 22.6. The molecule has 8 heteroatoms. The van der Waals surface area contributed by atoms with Crippen LogP contribution in [-0.2, 0) is 13.0 Å². The number of fused-ring (bicyclic) bond motifs is 1. The molecule has 198 valence electrons. The molecule has 0 spiro atoms. The van der Waals surface area contributed by atoms with Gasteiger partial charge in [0.25, 0.3) is 0 Å². The molecule has 3 aromatic rings. The van der Waals surface area contributed by atoms with Gasteiger partial charge < -0.3 is 15.8 Å². The smallest absolute Gasteiger partial charge is 0.316 e. The minimum absolute atomic E-state index is 0.0445. The molecule has 2 aromatic carbocycles. The number of amides is 2. The molecule has 1 aliphatic heterocycles. The Labute approximate surface area is 218 Å². The molecule has 1 aliphatic rings. The molecule has 2 heterocycles. The van der Waals surface area contributed by atoms with Gasteiger partial charge in [0.05, 0.1) is 23.7 Å². The number of nitrogens with two attached hydrogens (primary N) is 1. The van der Waals surface area contributed by atoms with Gasteiger partial charge in [0, 0.05) is 36.7 Å². The van der Waals surface area contributed by atoms with Crippen molar-refractivity contribution in [2.24, 2.45) is 17.6 Å². The number of aryl methyl sites for hydroxylation is 1. The maximum absolute atomic E-state index is 15.1. The number of carbonyl (C=O) groups is 1. The van der Waals surface area contributed by atoms with E-state index in [-0.39, 0.29) is 5.69 Å². The summed E-state index contributed by atoms with van der Waals surface area (Å²) in [5.74, 6) is 1.06. The zero-order valence-corrected chi connectivity index (χ0v) is 22.6. The van der Waals surface area contributed by atoms with Crippen LogP contribution in [0.25, 0.3) is 16.9 Å². The lowest BCUT2D eigenvalue weighted by molar-refractivity contribution is 0.152. The van der Waals surface area contributed by atoms with Crippen LogP contribution in [0.5, 0.6) is 5.75 Å². The minimum Gasteiger partial charge on any atom is -0.491 e. The predicted molar refractivity (Wildman–Crippen MR) is 146 cm³/mol. The monoisotopic (exact) mass is 507 g/mol. The van der Waals surface area contributed by atoms with E-state index in [9.17, 15) is 4.79 Å². The molecule has 0 aliphatic carbocycles. The van der Waals surface area contributed by atoms with Crippen LogP contribution < -0.4 is 15.8 Å². The molecule has 1 unspecified atom stereocenters. The second-order valence-corrected chi connectivity index (χ2v) is 10.7. The van der Waals surface area contributed by atoms with Gasteiger partial charge in [-0.25, -0.2) is 13.9 Å². The van der Waals surface area contributed by atoms with E-state index in [0.717, 1.165) is 53.5 Å². The van der Waals surface area contributed by atoms with Crippen molar-refractivity contribution in [2.45, 2.75) is 60.5 Å². The summed E-state index contributed by atoms with van der Waals surface area (Å²) in [6.07, 6.45) is 0.810. The van der Waals surface area contributed by atoms with Crippen LogP contribution in [0.15, 0.2) is 36.4 Å². The highest BCUT2D eigenvalue weighted by molar-refractivity contribution is 5.88. The largest absolute Gasteiger partial charge is 0.491 e. The molecule has 3 N–H and O–H groups in total. The predicted octanol–water partition coefficient (Wildman–Crippen LogP) is 5.91. The third-order valence-corrected chi connectivity index (χ3v) is 7.09. The molecule has 0 bridgehead atoms. The van der Waals surface area contributed by atoms with Gasteiger partial charge in [0.15, 0.2) is 0 Å². The Kier molecular flexibility index (Phi) is 7.87. The van der Waals surface area contributed by atoms with Crippen molar-refractivity contribution in [3.63, 3.8) is 0 Å². The fourth-order valence-electron chi connectivity index (χ4n) is 4.79. The van der Waals surface area contributed by atoms with E-state index >= 15 is 4.39 Å². The normalized spacial score (nSPS) is 14.6. The molecular weight excluding hydrogens is 469 g/mol. The summed E-state index contributed by atoms with van der Waals surface area (Å²) < 4.78 is 23.3. The molecule has 1 aromatic heterocycles. The molecule has 0 saturated heterocycles. The molecule has 2 amide bonds. The topological polar surface area (TPSA) is 85.4 Å². The van der Waals surface area contributed by atoms with E-state index in [1.165, 1.54) is 6.07 Å². The number of primary amides is 1. The molecule has 7 nitrogen and oxygen atoms in total. The lowest BCUT2D eigenvalue weighted by atomic mass is 9.96. The Bertz CT molecular complexity index is 1280. The van der Waals surface area contributed by atoms with Gasteiger partial charge in [-0.2, -0.15) is 5.10 Å². The minimum atomic E-state index is -0.806. The highest BCUT2D eigenvalue weighted by atomic mass is 19.1. The van der Waals surface area contributed by atoms with Crippen molar-refractivity contribution in [3.05, 3.63) is 59.0 Å². The number of para-hydroxylation sites is 1. The fraction of sp³-hybridized carbons (Fsp3) is 0.448. The Balaban J connectivity index is 1.90. The molecule has 37 heavy (non-hydrogen) atoms. The number of benzene rings is 2. The first-order valence-electron chi connectivity index (χ1n) is 13.0. The average molecular weight is 508 g/mol. The third kappa shape index (κ3) is 5.64. The maximum atomic E-state index is 15.1.